The molecule has 0 radical (unpaired) electrons. The molecule has 0 saturated carbocycles. The van der Waals surface area contributed by atoms with Gasteiger partial charge in [0.1, 0.15) is 5.70 Å². The molecular weight excluding hydrogens is 463 g/mol. The maximum absolute atomic E-state index is 12.8. The van der Waals surface area contributed by atoms with Crippen molar-refractivity contribution in [1.29, 1.82) is 0 Å². The molecule has 1 aliphatic rings. The van der Waals surface area contributed by atoms with Gasteiger partial charge in [-0.25, -0.2) is 4.79 Å². The Balaban J connectivity index is 1.86. The van der Waals surface area contributed by atoms with E-state index in [2.05, 4.69) is 5.32 Å². The normalized spacial score (nSPS) is 15.9. The van der Waals surface area contributed by atoms with Crippen LogP contribution in [0.25, 0.3) is 6.08 Å². The van der Waals surface area contributed by atoms with Crippen molar-refractivity contribution in [2.75, 3.05) is 7.11 Å². The number of hydrogen-bond donors (Lipinski definition) is 1. The Bertz CT molecular complexity index is 1060. The summed E-state index contributed by atoms with van der Waals surface area (Å²) in [6, 6.07) is 7.67. The maximum Gasteiger partial charge on any atom is 0.329 e. The summed E-state index contributed by atoms with van der Waals surface area (Å²) in [7, 11) is 1.51. The lowest BCUT2D eigenvalue weighted by atomic mass is 10.1. The zero-order valence-electron chi connectivity index (χ0n) is 17.2. The second kappa shape index (κ2) is 9.81. The summed E-state index contributed by atoms with van der Waals surface area (Å²) in [5.74, 6) is 0.383. The van der Waals surface area contributed by atoms with E-state index in [9.17, 15) is 9.59 Å². The summed E-state index contributed by atoms with van der Waals surface area (Å²) in [6.07, 6.45) is 2.30. The van der Waals surface area contributed by atoms with Gasteiger partial charge in [0.05, 0.1) is 24.8 Å². The highest BCUT2D eigenvalue weighted by atomic mass is 35.5. The van der Waals surface area contributed by atoms with Gasteiger partial charge in [-0.3, -0.25) is 9.69 Å². The minimum absolute atomic E-state index is 0.0176. The van der Waals surface area contributed by atoms with Crippen LogP contribution in [0.5, 0.6) is 11.5 Å². The summed E-state index contributed by atoms with van der Waals surface area (Å²) in [4.78, 5) is 26.3. The van der Waals surface area contributed by atoms with Gasteiger partial charge in [-0.15, -0.1) is 0 Å². The van der Waals surface area contributed by atoms with Crippen LogP contribution < -0.4 is 14.8 Å². The highest BCUT2D eigenvalue weighted by Crippen LogP contribution is 2.38. The lowest BCUT2D eigenvalue weighted by Crippen LogP contribution is -2.30. The molecule has 0 spiro atoms. The predicted molar refractivity (Wildman–Crippen MR) is 122 cm³/mol. The molecule has 1 aliphatic heterocycles. The molecule has 1 heterocycles. The number of hydrogen-bond acceptors (Lipinski definition) is 4. The van der Waals surface area contributed by atoms with Crippen LogP contribution in [-0.4, -0.2) is 30.1 Å². The summed E-state index contributed by atoms with van der Waals surface area (Å²) < 4.78 is 11.2. The predicted octanol–water partition coefficient (Wildman–Crippen LogP) is 5.93. The number of nitrogens with zero attached hydrogens (tertiary/aromatic N) is 1. The van der Waals surface area contributed by atoms with Gasteiger partial charge in [0, 0.05) is 10.0 Å². The van der Waals surface area contributed by atoms with Gasteiger partial charge in [0.15, 0.2) is 11.5 Å². The third kappa shape index (κ3) is 5.26. The molecule has 1 saturated heterocycles. The maximum atomic E-state index is 12.8. The molecule has 1 unspecified atom stereocenters. The Labute approximate surface area is 195 Å². The van der Waals surface area contributed by atoms with Gasteiger partial charge < -0.3 is 14.8 Å². The lowest BCUT2D eigenvalue weighted by Gasteiger charge is -2.17. The first-order chi connectivity index (χ1) is 14.7. The Morgan fingerprint density at radius 1 is 1.13 bits per heavy atom. The Kier molecular flexibility index (Phi) is 7.36. The SMILES string of the molecule is CCC(C)Oc1c(Cl)cc(/C=C2\NC(=O)N(Cc3ccc(Cl)cc3Cl)C2=O)cc1OC. The van der Waals surface area contributed by atoms with Crippen molar-refractivity contribution < 1.29 is 19.1 Å². The molecule has 1 fully saturated rings. The number of rotatable bonds is 7. The highest BCUT2D eigenvalue weighted by Gasteiger charge is 2.34. The van der Waals surface area contributed by atoms with Gasteiger partial charge >= 0.3 is 6.03 Å². The summed E-state index contributed by atoms with van der Waals surface area (Å²) in [5.41, 5.74) is 1.30. The molecule has 0 bridgehead atoms. The van der Waals surface area contributed by atoms with E-state index < -0.39 is 11.9 Å². The first-order valence-electron chi connectivity index (χ1n) is 9.56. The molecule has 2 aromatic carbocycles. The number of halogens is 3. The molecule has 0 aliphatic carbocycles. The average molecular weight is 484 g/mol. The molecular formula is C22H21Cl3N2O4. The zero-order chi connectivity index (χ0) is 22.7. The molecule has 1 N–H and O–H groups in total. The molecule has 1 atom stereocenters. The van der Waals surface area contributed by atoms with E-state index in [1.165, 1.54) is 13.2 Å². The van der Waals surface area contributed by atoms with Crippen LogP contribution >= 0.6 is 34.8 Å². The Hall–Kier alpha value is -2.41. The fraction of sp³-hybridized carbons (Fsp3) is 0.273. The quantitative estimate of drug-likeness (QED) is 0.392. The van der Waals surface area contributed by atoms with Gasteiger partial charge in [-0.2, -0.15) is 0 Å². The van der Waals surface area contributed by atoms with Crippen molar-refractivity contribution in [1.82, 2.24) is 10.2 Å². The van der Waals surface area contributed by atoms with Crippen molar-refractivity contribution in [3.05, 3.63) is 62.2 Å². The number of urea groups is 1. The number of amides is 3. The third-order valence-corrected chi connectivity index (χ3v) is 5.63. The summed E-state index contributed by atoms with van der Waals surface area (Å²) >= 11 is 18.5. The average Bonchev–Trinajstić information content (AvgIpc) is 2.98. The molecule has 164 valence electrons. The number of imide groups is 1. The van der Waals surface area contributed by atoms with Crippen LogP contribution in [0.3, 0.4) is 0 Å². The van der Waals surface area contributed by atoms with E-state index in [1.807, 2.05) is 13.8 Å². The standard InChI is InChI=1S/C22H21Cl3N2O4/c1-4-12(2)31-20-17(25)7-13(9-19(20)30-3)8-18-21(28)27(22(29)26-18)11-14-5-6-15(23)10-16(14)24/h5-10,12H,4,11H2,1-3H3,(H,26,29)/b18-8-. The third-order valence-electron chi connectivity index (χ3n) is 4.76. The molecule has 2 aromatic rings. The fourth-order valence-electron chi connectivity index (χ4n) is 2.92. The Morgan fingerprint density at radius 3 is 2.52 bits per heavy atom. The van der Waals surface area contributed by atoms with Crippen molar-refractivity contribution in [3.63, 3.8) is 0 Å². The van der Waals surface area contributed by atoms with Crippen molar-refractivity contribution in [2.24, 2.45) is 0 Å². The number of carbonyl (C=O) groups excluding carboxylic acids is 2. The van der Waals surface area contributed by atoms with Crippen LogP contribution in [0, 0.1) is 0 Å². The van der Waals surface area contributed by atoms with Crippen LogP contribution in [-0.2, 0) is 11.3 Å². The highest BCUT2D eigenvalue weighted by molar-refractivity contribution is 6.35. The van der Waals surface area contributed by atoms with Gasteiger partial charge in [0.25, 0.3) is 5.91 Å². The van der Waals surface area contributed by atoms with E-state index in [0.29, 0.717) is 37.7 Å². The van der Waals surface area contributed by atoms with Crippen LogP contribution in [0.15, 0.2) is 36.0 Å². The summed E-state index contributed by atoms with van der Waals surface area (Å²) in [6.45, 7) is 3.95. The Morgan fingerprint density at radius 2 is 1.87 bits per heavy atom. The number of benzene rings is 2. The van der Waals surface area contributed by atoms with Crippen molar-refractivity contribution in [2.45, 2.75) is 32.9 Å². The molecule has 31 heavy (non-hydrogen) atoms. The van der Waals surface area contributed by atoms with E-state index >= 15 is 0 Å². The topological polar surface area (TPSA) is 67.9 Å². The number of ether oxygens (including phenoxy) is 2. The minimum atomic E-state index is -0.544. The largest absolute Gasteiger partial charge is 0.493 e. The lowest BCUT2D eigenvalue weighted by molar-refractivity contribution is -0.123. The first kappa shape index (κ1) is 23.3. The van der Waals surface area contributed by atoms with Crippen LogP contribution in [0.4, 0.5) is 4.79 Å². The molecule has 6 nitrogen and oxygen atoms in total. The van der Waals surface area contributed by atoms with E-state index in [4.69, 9.17) is 44.3 Å². The zero-order valence-corrected chi connectivity index (χ0v) is 19.4. The van der Waals surface area contributed by atoms with Gasteiger partial charge in [-0.1, -0.05) is 47.8 Å². The molecule has 3 rings (SSSR count). The van der Waals surface area contributed by atoms with E-state index in [1.54, 1.807) is 30.3 Å². The summed E-state index contributed by atoms with van der Waals surface area (Å²) in [5, 5.41) is 3.77. The van der Waals surface area contributed by atoms with E-state index in [-0.39, 0.29) is 18.3 Å². The number of nitrogens with one attached hydrogen (secondary N) is 1. The minimum Gasteiger partial charge on any atom is -0.493 e. The first-order valence-corrected chi connectivity index (χ1v) is 10.7. The van der Waals surface area contributed by atoms with Gasteiger partial charge in [0.2, 0.25) is 0 Å². The fourth-order valence-corrected chi connectivity index (χ4v) is 3.66. The molecule has 0 aromatic heterocycles. The van der Waals surface area contributed by atoms with Crippen molar-refractivity contribution >= 4 is 52.8 Å². The second-order valence-electron chi connectivity index (χ2n) is 6.99. The number of carbonyl (C=O) groups is 2. The smallest absolute Gasteiger partial charge is 0.329 e. The van der Waals surface area contributed by atoms with Gasteiger partial charge in [-0.05, 0) is 54.8 Å². The van der Waals surface area contributed by atoms with Crippen LogP contribution in [0.2, 0.25) is 15.1 Å². The molecule has 3 amide bonds. The van der Waals surface area contributed by atoms with E-state index in [0.717, 1.165) is 11.3 Å². The number of methoxy groups -OCH3 is 1. The van der Waals surface area contributed by atoms with Crippen LogP contribution in [0.1, 0.15) is 31.4 Å². The van der Waals surface area contributed by atoms with Crippen molar-refractivity contribution in [3.8, 4) is 11.5 Å². The second-order valence-corrected chi connectivity index (χ2v) is 8.24. The monoisotopic (exact) mass is 482 g/mol. The molecule has 9 heteroatoms.